The first-order valence-electron chi connectivity index (χ1n) is 6.53. The molecule has 1 heterocycles. The van der Waals surface area contributed by atoms with E-state index >= 15 is 0 Å². The molecule has 0 radical (unpaired) electrons. The highest BCUT2D eigenvalue weighted by Gasteiger charge is 2.06. The third-order valence-corrected chi connectivity index (χ3v) is 2.89. The average Bonchev–Trinajstić information content (AvgIpc) is 2.48. The first kappa shape index (κ1) is 14.9. The van der Waals surface area contributed by atoms with Gasteiger partial charge in [0.25, 0.3) is 0 Å². The standard InChI is InChI=1S/C16H14F2N2O/c17-16(18)6-8-21-14-5-1-3-12(10-14)9-13-4-2-7-20-15(13)11-19/h1-5,7,10,16H,6,8-9H2. The van der Waals surface area contributed by atoms with Gasteiger partial charge in [0.1, 0.15) is 17.5 Å². The van der Waals surface area contributed by atoms with Gasteiger partial charge >= 0.3 is 0 Å². The van der Waals surface area contributed by atoms with E-state index in [0.29, 0.717) is 17.9 Å². The summed E-state index contributed by atoms with van der Waals surface area (Å²) in [5.74, 6) is 0.551. The Kier molecular flexibility index (Phi) is 5.22. The maximum absolute atomic E-state index is 12.1. The van der Waals surface area contributed by atoms with Gasteiger partial charge in [-0.25, -0.2) is 13.8 Å². The molecule has 0 aliphatic heterocycles. The van der Waals surface area contributed by atoms with Gasteiger partial charge in [-0.05, 0) is 29.3 Å². The van der Waals surface area contributed by atoms with Crippen LogP contribution >= 0.6 is 0 Å². The molecule has 0 N–H and O–H groups in total. The number of aromatic nitrogens is 1. The molecule has 0 aliphatic rings. The Morgan fingerprint density at radius 1 is 1.24 bits per heavy atom. The molecule has 0 spiro atoms. The number of hydrogen-bond acceptors (Lipinski definition) is 3. The van der Waals surface area contributed by atoms with Crippen LogP contribution < -0.4 is 4.74 Å². The molecular weight excluding hydrogens is 274 g/mol. The van der Waals surface area contributed by atoms with Crippen molar-refractivity contribution < 1.29 is 13.5 Å². The number of rotatable bonds is 6. The van der Waals surface area contributed by atoms with Gasteiger partial charge in [0.2, 0.25) is 6.43 Å². The van der Waals surface area contributed by atoms with E-state index in [1.54, 1.807) is 30.5 Å². The van der Waals surface area contributed by atoms with Crippen molar-refractivity contribution in [2.45, 2.75) is 19.3 Å². The summed E-state index contributed by atoms with van der Waals surface area (Å²) in [5.41, 5.74) is 2.15. The second-order valence-electron chi connectivity index (χ2n) is 4.48. The van der Waals surface area contributed by atoms with Gasteiger partial charge in [-0.15, -0.1) is 0 Å². The van der Waals surface area contributed by atoms with E-state index in [9.17, 15) is 8.78 Å². The molecule has 1 aromatic heterocycles. The van der Waals surface area contributed by atoms with Gasteiger partial charge in [-0.1, -0.05) is 18.2 Å². The average molecular weight is 288 g/mol. The molecule has 0 saturated carbocycles. The Morgan fingerprint density at radius 3 is 2.86 bits per heavy atom. The van der Waals surface area contributed by atoms with Crippen molar-refractivity contribution in [2.24, 2.45) is 0 Å². The van der Waals surface area contributed by atoms with Gasteiger partial charge in [0, 0.05) is 19.0 Å². The Labute approximate surface area is 121 Å². The summed E-state index contributed by atoms with van der Waals surface area (Å²) in [6, 6.07) is 12.9. The Hall–Kier alpha value is -2.48. The fourth-order valence-electron chi connectivity index (χ4n) is 1.91. The fraction of sp³-hybridized carbons (Fsp3) is 0.250. The van der Waals surface area contributed by atoms with Crippen molar-refractivity contribution in [3.63, 3.8) is 0 Å². The summed E-state index contributed by atoms with van der Waals surface area (Å²) >= 11 is 0. The van der Waals surface area contributed by atoms with E-state index < -0.39 is 6.43 Å². The number of halogens is 2. The molecule has 5 heteroatoms. The predicted octanol–water partition coefficient (Wildman–Crippen LogP) is 3.58. The highest BCUT2D eigenvalue weighted by molar-refractivity contribution is 5.37. The molecular formula is C16H14F2N2O. The van der Waals surface area contributed by atoms with Gasteiger partial charge < -0.3 is 4.74 Å². The Morgan fingerprint density at radius 2 is 2.10 bits per heavy atom. The summed E-state index contributed by atoms with van der Waals surface area (Å²) in [4.78, 5) is 4.01. The van der Waals surface area contributed by atoms with Crippen molar-refractivity contribution in [1.82, 2.24) is 4.98 Å². The summed E-state index contributed by atoms with van der Waals surface area (Å²) in [6.07, 6.45) is -0.526. The molecule has 0 saturated heterocycles. The molecule has 2 rings (SSSR count). The minimum atomic E-state index is -2.36. The number of benzene rings is 1. The maximum atomic E-state index is 12.1. The van der Waals surface area contributed by atoms with Gasteiger partial charge in [0.15, 0.2) is 0 Å². The largest absolute Gasteiger partial charge is 0.493 e. The van der Waals surface area contributed by atoms with E-state index in [4.69, 9.17) is 10.00 Å². The summed E-state index contributed by atoms with van der Waals surface area (Å²) < 4.78 is 29.4. The van der Waals surface area contributed by atoms with E-state index in [1.807, 2.05) is 12.1 Å². The maximum Gasteiger partial charge on any atom is 0.241 e. The van der Waals surface area contributed by atoms with E-state index in [0.717, 1.165) is 11.1 Å². The summed E-state index contributed by atoms with van der Waals surface area (Å²) in [5, 5.41) is 9.01. The summed E-state index contributed by atoms with van der Waals surface area (Å²) in [6.45, 7) is -0.0164. The van der Waals surface area contributed by atoms with Crippen molar-refractivity contribution in [3.8, 4) is 11.8 Å². The first-order valence-corrected chi connectivity index (χ1v) is 6.53. The number of nitrogens with zero attached hydrogens (tertiary/aromatic N) is 2. The van der Waals surface area contributed by atoms with Crippen molar-refractivity contribution in [3.05, 3.63) is 59.4 Å². The summed E-state index contributed by atoms with van der Waals surface area (Å²) in [7, 11) is 0. The lowest BCUT2D eigenvalue weighted by molar-refractivity contribution is 0.114. The molecule has 0 aliphatic carbocycles. The molecule has 0 bridgehead atoms. The molecule has 0 atom stereocenters. The van der Waals surface area contributed by atoms with E-state index in [2.05, 4.69) is 11.1 Å². The van der Waals surface area contributed by atoms with E-state index in [1.165, 1.54) is 0 Å². The lowest BCUT2D eigenvalue weighted by Gasteiger charge is -2.08. The zero-order valence-corrected chi connectivity index (χ0v) is 11.3. The molecule has 1 aromatic carbocycles. The highest BCUT2D eigenvalue weighted by Crippen LogP contribution is 2.18. The minimum Gasteiger partial charge on any atom is -0.493 e. The van der Waals surface area contributed by atoms with Crippen LogP contribution in [0.2, 0.25) is 0 Å². The van der Waals surface area contributed by atoms with Crippen LogP contribution in [0.4, 0.5) is 8.78 Å². The third kappa shape index (κ3) is 4.53. The van der Waals surface area contributed by atoms with Crippen LogP contribution in [-0.2, 0) is 6.42 Å². The fourth-order valence-corrected chi connectivity index (χ4v) is 1.91. The molecule has 0 unspecified atom stereocenters. The predicted molar refractivity (Wildman–Crippen MR) is 74.3 cm³/mol. The lowest BCUT2D eigenvalue weighted by atomic mass is 10.0. The number of pyridine rings is 1. The monoisotopic (exact) mass is 288 g/mol. The molecule has 0 fully saturated rings. The van der Waals surface area contributed by atoms with Gasteiger partial charge in [-0.3, -0.25) is 0 Å². The van der Waals surface area contributed by atoms with Crippen molar-refractivity contribution in [1.29, 1.82) is 5.26 Å². The topological polar surface area (TPSA) is 45.9 Å². The van der Waals surface area contributed by atoms with Crippen LogP contribution in [0.25, 0.3) is 0 Å². The highest BCUT2D eigenvalue weighted by atomic mass is 19.3. The molecule has 21 heavy (non-hydrogen) atoms. The normalized spacial score (nSPS) is 10.4. The van der Waals surface area contributed by atoms with Crippen LogP contribution in [0, 0.1) is 11.3 Å². The van der Waals surface area contributed by atoms with Crippen molar-refractivity contribution >= 4 is 0 Å². The number of ether oxygens (including phenoxy) is 1. The van der Waals surface area contributed by atoms with Crippen LogP contribution in [-0.4, -0.2) is 18.0 Å². The molecule has 3 nitrogen and oxygen atoms in total. The van der Waals surface area contributed by atoms with Crippen molar-refractivity contribution in [2.75, 3.05) is 6.61 Å². The second kappa shape index (κ2) is 7.34. The smallest absolute Gasteiger partial charge is 0.241 e. The Bertz CT molecular complexity index is 638. The Balaban J connectivity index is 2.06. The molecule has 108 valence electrons. The quantitative estimate of drug-likeness (QED) is 0.816. The third-order valence-electron chi connectivity index (χ3n) is 2.89. The molecule has 2 aromatic rings. The van der Waals surface area contributed by atoms with Gasteiger partial charge in [0.05, 0.1) is 6.61 Å². The number of hydrogen-bond donors (Lipinski definition) is 0. The van der Waals surface area contributed by atoms with Gasteiger partial charge in [-0.2, -0.15) is 5.26 Å². The number of nitriles is 1. The lowest BCUT2D eigenvalue weighted by Crippen LogP contribution is -2.03. The molecule has 0 amide bonds. The first-order chi connectivity index (χ1) is 10.2. The van der Waals surface area contributed by atoms with Crippen LogP contribution in [0.3, 0.4) is 0 Å². The minimum absolute atomic E-state index is 0.0164. The zero-order valence-electron chi connectivity index (χ0n) is 11.3. The van der Waals surface area contributed by atoms with Crippen LogP contribution in [0.15, 0.2) is 42.6 Å². The van der Waals surface area contributed by atoms with Crippen LogP contribution in [0.1, 0.15) is 23.2 Å². The second-order valence-corrected chi connectivity index (χ2v) is 4.48. The zero-order chi connectivity index (χ0) is 15.1. The SMILES string of the molecule is N#Cc1ncccc1Cc1cccc(OCCC(F)F)c1. The van der Waals surface area contributed by atoms with E-state index in [-0.39, 0.29) is 13.0 Å². The van der Waals surface area contributed by atoms with Crippen LogP contribution in [0.5, 0.6) is 5.75 Å². The number of alkyl halides is 2.